The highest BCUT2D eigenvalue weighted by Gasteiger charge is 2.12. The predicted molar refractivity (Wildman–Crippen MR) is 68.1 cm³/mol. The molecule has 0 radical (unpaired) electrons. The summed E-state index contributed by atoms with van der Waals surface area (Å²) in [7, 11) is 0. The third-order valence-electron chi connectivity index (χ3n) is 2.56. The van der Waals surface area contributed by atoms with Crippen LogP contribution in [0.3, 0.4) is 0 Å². The quantitative estimate of drug-likeness (QED) is 0.866. The van der Waals surface area contributed by atoms with E-state index in [1.165, 1.54) is 12.1 Å². The van der Waals surface area contributed by atoms with E-state index in [2.05, 4.69) is 5.32 Å². The van der Waals surface area contributed by atoms with Crippen LogP contribution in [-0.4, -0.2) is 11.8 Å². The van der Waals surface area contributed by atoms with Crippen molar-refractivity contribution in [3.8, 4) is 0 Å². The number of amides is 2. The second-order valence-corrected chi connectivity index (χ2v) is 4.26. The Hall–Kier alpha value is -1.55. The van der Waals surface area contributed by atoms with Crippen molar-refractivity contribution < 1.29 is 9.59 Å². The first-order chi connectivity index (χ1) is 7.95. The number of rotatable bonds is 4. The molecule has 0 saturated heterocycles. The van der Waals surface area contributed by atoms with Gasteiger partial charge in [-0.25, -0.2) is 0 Å². The summed E-state index contributed by atoms with van der Waals surface area (Å²) in [5, 5.41) is 2.99. The highest BCUT2D eigenvalue weighted by Crippen LogP contribution is 2.20. The fourth-order valence-electron chi connectivity index (χ4n) is 1.24. The third-order valence-corrected chi connectivity index (χ3v) is 2.89. The lowest BCUT2D eigenvalue weighted by Crippen LogP contribution is -2.20. The van der Waals surface area contributed by atoms with Crippen molar-refractivity contribution in [2.24, 2.45) is 11.7 Å². The van der Waals surface area contributed by atoms with Gasteiger partial charge in [0, 0.05) is 11.6 Å². The van der Waals surface area contributed by atoms with E-state index in [1.54, 1.807) is 6.07 Å². The fraction of sp³-hybridized carbons (Fsp3) is 0.333. The topological polar surface area (TPSA) is 72.2 Å². The zero-order valence-electron chi connectivity index (χ0n) is 9.79. The van der Waals surface area contributed by atoms with Crippen molar-refractivity contribution in [2.45, 2.75) is 20.3 Å². The van der Waals surface area contributed by atoms with Gasteiger partial charge in [0.05, 0.1) is 10.6 Å². The van der Waals surface area contributed by atoms with E-state index in [0.717, 1.165) is 6.42 Å². The van der Waals surface area contributed by atoms with Crippen LogP contribution in [0.15, 0.2) is 18.2 Å². The molecule has 0 heterocycles. The summed E-state index contributed by atoms with van der Waals surface area (Å²) in [6, 6.07) is 4.65. The molecule has 0 aliphatic rings. The minimum Gasteiger partial charge on any atom is -0.366 e. The van der Waals surface area contributed by atoms with Gasteiger partial charge in [0.1, 0.15) is 0 Å². The molecule has 0 fully saturated rings. The lowest BCUT2D eigenvalue weighted by Gasteiger charge is -2.11. The Morgan fingerprint density at radius 1 is 1.47 bits per heavy atom. The molecule has 1 rings (SSSR count). The maximum atomic E-state index is 11.6. The molecule has 92 valence electrons. The second kappa shape index (κ2) is 5.68. The molecule has 0 bridgehead atoms. The van der Waals surface area contributed by atoms with Crippen LogP contribution < -0.4 is 11.1 Å². The lowest BCUT2D eigenvalue weighted by molar-refractivity contribution is -0.119. The van der Waals surface area contributed by atoms with Crippen LogP contribution in [0.4, 0.5) is 5.69 Å². The zero-order chi connectivity index (χ0) is 13.0. The molecule has 1 aromatic rings. The van der Waals surface area contributed by atoms with E-state index in [1.807, 2.05) is 13.8 Å². The minimum atomic E-state index is -0.616. The lowest BCUT2D eigenvalue weighted by atomic mass is 10.1. The molecule has 0 aliphatic heterocycles. The Morgan fingerprint density at radius 2 is 2.12 bits per heavy atom. The molecule has 0 aromatic heterocycles. The standard InChI is InChI=1S/C12H15ClN2O2/c1-3-7(2)12(17)15-8-4-5-10(13)9(6-8)11(14)16/h4-7H,3H2,1-2H3,(H2,14,16)(H,15,17). The maximum Gasteiger partial charge on any atom is 0.250 e. The highest BCUT2D eigenvalue weighted by atomic mass is 35.5. The van der Waals surface area contributed by atoms with E-state index in [0.29, 0.717) is 5.69 Å². The van der Waals surface area contributed by atoms with Crippen LogP contribution in [0.25, 0.3) is 0 Å². The first kappa shape index (κ1) is 13.5. The smallest absolute Gasteiger partial charge is 0.250 e. The first-order valence-electron chi connectivity index (χ1n) is 5.36. The summed E-state index contributed by atoms with van der Waals surface area (Å²) in [4.78, 5) is 22.7. The number of primary amides is 1. The van der Waals surface area contributed by atoms with E-state index in [-0.39, 0.29) is 22.4 Å². The van der Waals surface area contributed by atoms with Crippen LogP contribution in [-0.2, 0) is 4.79 Å². The average molecular weight is 255 g/mol. The molecule has 1 aromatic carbocycles. The van der Waals surface area contributed by atoms with Gasteiger partial charge in [0.25, 0.3) is 0 Å². The largest absolute Gasteiger partial charge is 0.366 e. The molecular weight excluding hydrogens is 240 g/mol. The first-order valence-corrected chi connectivity index (χ1v) is 5.73. The van der Waals surface area contributed by atoms with Gasteiger partial charge in [-0.15, -0.1) is 0 Å². The minimum absolute atomic E-state index is 0.0808. The Morgan fingerprint density at radius 3 is 2.65 bits per heavy atom. The van der Waals surface area contributed by atoms with E-state index in [4.69, 9.17) is 17.3 Å². The Kier molecular flexibility index (Phi) is 4.52. The van der Waals surface area contributed by atoms with Crippen LogP contribution in [0, 0.1) is 5.92 Å². The van der Waals surface area contributed by atoms with Crippen LogP contribution in [0.1, 0.15) is 30.6 Å². The maximum absolute atomic E-state index is 11.6. The molecule has 17 heavy (non-hydrogen) atoms. The van der Waals surface area contributed by atoms with E-state index >= 15 is 0 Å². The number of nitrogens with one attached hydrogen (secondary N) is 1. The molecule has 0 spiro atoms. The number of hydrogen-bond donors (Lipinski definition) is 2. The normalized spacial score (nSPS) is 11.9. The monoisotopic (exact) mass is 254 g/mol. The molecule has 5 heteroatoms. The van der Waals surface area contributed by atoms with Gasteiger partial charge >= 0.3 is 0 Å². The van der Waals surface area contributed by atoms with Gasteiger partial charge in [0.15, 0.2) is 0 Å². The number of anilines is 1. The Labute approximate surface area is 105 Å². The number of nitrogens with two attached hydrogens (primary N) is 1. The molecule has 0 aliphatic carbocycles. The molecule has 3 N–H and O–H groups in total. The Balaban J connectivity index is 2.90. The molecule has 1 unspecified atom stereocenters. The summed E-state index contributed by atoms with van der Waals surface area (Å²) in [5.74, 6) is -0.789. The number of carbonyl (C=O) groups excluding carboxylic acids is 2. The van der Waals surface area contributed by atoms with Crippen LogP contribution >= 0.6 is 11.6 Å². The molecule has 2 amide bonds. The van der Waals surface area contributed by atoms with E-state index in [9.17, 15) is 9.59 Å². The highest BCUT2D eigenvalue weighted by molar-refractivity contribution is 6.33. The summed E-state index contributed by atoms with van der Waals surface area (Å²) in [6.45, 7) is 3.77. The van der Waals surface area contributed by atoms with Crippen molar-refractivity contribution in [3.05, 3.63) is 28.8 Å². The van der Waals surface area contributed by atoms with Crippen LogP contribution in [0.2, 0.25) is 5.02 Å². The Bertz CT molecular complexity index is 446. The summed E-state index contributed by atoms with van der Waals surface area (Å²) in [5.41, 5.74) is 5.89. The molecule has 0 saturated carbocycles. The van der Waals surface area contributed by atoms with Gasteiger partial charge in [-0.3, -0.25) is 9.59 Å². The third kappa shape index (κ3) is 3.46. The van der Waals surface area contributed by atoms with Crippen molar-refractivity contribution in [1.29, 1.82) is 0 Å². The number of carbonyl (C=O) groups is 2. The van der Waals surface area contributed by atoms with Gasteiger partial charge in [-0.05, 0) is 24.6 Å². The second-order valence-electron chi connectivity index (χ2n) is 3.86. The molecular formula is C12H15ClN2O2. The fourth-order valence-corrected chi connectivity index (χ4v) is 1.45. The molecule has 4 nitrogen and oxygen atoms in total. The van der Waals surface area contributed by atoms with E-state index < -0.39 is 5.91 Å². The van der Waals surface area contributed by atoms with Crippen molar-refractivity contribution in [1.82, 2.24) is 0 Å². The zero-order valence-corrected chi connectivity index (χ0v) is 10.5. The van der Waals surface area contributed by atoms with Crippen molar-refractivity contribution >= 4 is 29.1 Å². The number of benzene rings is 1. The van der Waals surface area contributed by atoms with Gasteiger partial charge in [-0.1, -0.05) is 25.4 Å². The SMILES string of the molecule is CCC(C)C(=O)Nc1ccc(Cl)c(C(N)=O)c1. The van der Waals surface area contributed by atoms with Gasteiger partial charge in [-0.2, -0.15) is 0 Å². The van der Waals surface area contributed by atoms with Gasteiger partial charge in [0.2, 0.25) is 11.8 Å². The van der Waals surface area contributed by atoms with Crippen LogP contribution in [0.5, 0.6) is 0 Å². The summed E-state index contributed by atoms with van der Waals surface area (Å²) in [6.07, 6.45) is 0.752. The average Bonchev–Trinajstić information content (AvgIpc) is 2.30. The predicted octanol–water partition coefficient (Wildman–Crippen LogP) is 2.42. The molecule has 1 atom stereocenters. The summed E-state index contributed by atoms with van der Waals surface area (Å²) >= 11 is 5.80. The van der Waals surface area contributed by atoms with Crippen molar-refractivity contribution in [3.63, 3.8) is 0 Å². The summed E-state index contributed by atoms with van der Waals surface area (Å²) < 4.78 is 0. The van der Waals surface area contributed by atoms with Gasteiger partial charge < -0.3 is 11.1 Å². The van der Waals surface area contributed by atoms with Crippen molar-refractivity contribution in [2.75, 3.05) is 5.32 Å². The number of halogens is 1. The number of hydrogen-bond acceptors (Lipinski definition) is 2.